The summed E-state index contributed by atoms with van der Waals surface area (Å²) in [5.74, 6) is 0. The van der Waals surface area contributed by atoms with Gasteiger partial charge in [0.15, 0.2) is 5.65 Å². The van der Waals surface area contributed by atoms with Crippen LogP contribution in [0.2, 0.25) is 0 Å². The summed E-state index contributed by atoms with van der Waals surface area (Å²) in [6.07, 6.45) is 1.14. The molecule has 2 aromatic carbocycles. The molecule has 5 aromatic rings. The number of pyridine rings is 2. The van der Waals surface area contributed by atoms with Gasteiger partial charge in [-0.2, -0.15) is 5.10 Å². The van der Waals surface area contributed by atoms with Crippen molar-refractivity contribution in [2.75, 3.05) is 0 Å². The summed E-state index contributed by atoms with van der Waals surface area (Å²) in [6.45, 7) is 6.01. The van der Waals surface area contributed by atoms with Crippen LogP contribution in [0.4, 0.5) is 0 Å². The lowest BCUT2D eigenvalue weighted by Crippen LogP contribution is -2.58. The molecule has 0 bridgehead atoms. The van der Waals surface area contributed by atoms with Crippen LogP contribution in [0.5, 0.6) is 0 Å². The minimum absolute atomic E-state index is 0.476. The van der Waals surface area contributed by atoms with Gasteiger partial charge in [-0.1, -0.05) is 54.6 Å². The van der Waals surface area contributed by atoms with Crippen molar-refractivity contribution in [3.63, 3.8) is 0 Å². The van der Waals surface area contributed by atoms with E-state index in [2.05, 4.69) is 73.7 Å². The van der Waals surface area contributed by atoms with E-state index in [0.29, 0.717) is 12.8 Å². The first-order chi connectivity index (χ1) is 16.2. The molecule has 1 aliphatic carbocycles. The third-order valence-corrected chi connectivity index (χ3v) is 7.14. The maximum Gasteiger partial charge on any atom is 0.162 e. The molecular formula is C29H28N4O. The molecule has 1 aliphatic rings. The number of aliphatic hydroxyl groups is 1. The van der Waals surface area contributed by atoms with Gasteiger partial charge in [-0.05, 0) is 68.5 Å². The first-order valence-corrected chi connectivity index (χ1v) is 11.7. The Hall–Kier alpha value is -3.54. The van der Waals surface area contributed by atoms with Crippen molar-refractivity contribution in [3.05, 3.63) is 89.6 Å². The number of hydrogen-bond donors (Lipinski definition) is 2. The minimum atomic E-state index is -0.682. The zero-order valence-corrected chi connectivity index (χ0v) is 19.7. The van der Waals surface area contributed by atoms with Gasteiger partial charge in [-0.25, -0.2) is 9.50 Å². The SMILES string of the molecule is Cc1cc2ccc3c(C)c(-c4ccccc4)c(-c4ccc([C@]5(N)C[C@@](C)(O)C5)cc4)nc3n2n1. The Morgan fingerprint density at radius 3 is 2.29 bits per heavy atom. The smallest absolute Gasteiger partial charge is 0.162 e. The van der Waals surface area contributed by atoms with Crippen molar-refractivity contribution in [2.45, 2.75) is 44.8 Å². The maximum atomic E-state index is 10.2. The second kappa shape index (κ2) is 7.23. The van der Waals surface area contributed by atoms with Gasteiger partial charge in [0.25, 0.3) is 0 Å². The minimum Gasteiger partial charge on any atom is -0.390 e. The first-order valence-electron chi connectivity index (χ1n) is 11.7. The molecule has 5 heteroatoms. The van der Waals surface area contributed by atoms with Crippen molar-refractivity contribution >= 4 is 16.6 Å². The number of aryl methyl sites for hydroxylation is 2. The molecule has 0 radical (unpaired) electrons. The van der Waals surface area contributed by atoms with Crippen LogP contribution < -0.4 is 5.73 Å². The van der Waals surface area contributed by atoms with Gasteiger partial charge in [0.1, 0.15) is 0 Å². The molecule has 0 spiro atoms. The maximum absolute atomic E-state index is 10.2. The monoisotopic (exact) mass is 448 g/mol. The van der Waals surface area contributed by atoms with Gasteiger partial charge in [0.05, 0.1) is 22.5 Å². The average molecular weight is 449 g/mol. The van der Waals surface area contributed by atoms with Crippen LogP contribution in [0.15, 0.2) is 72.8 Å². The number of hydrogen-bond acceptors (Lipinski definition) is 4. The van der Waals surface area contributed by atoms with E-state index in [1.165, 1.54) is 5.56 Å². The molecule has 0 saturated heterocycles. The Bertz CT molecular complexity index is 1540. The van der Waals surface area contributed by atoms with E-state index in [1.807, 2.05) is 24.4 Å². The van der Waals surface area contributed by atoms with Gasteiger partial charge >= 0.3 is 0 Å². The number of nitrogens with two attached hydrogens (primary N) is 1. The summed E-state index contributed by atoms with van der Waals surface area (Å²) >= 11 is 0. The van der Waals surface area contributed by atoms with E-state index < -0.39 is 11.1 Å². The molecule has 5 nitrogen and oxygen atoms in total. The molecule has 3 N–H and O–H groups in total. The van der Waals surface area contributed by atoms with Crippen LogP contribution in [-0.2, 0) is 5.54 Å². The lowest BCUT2D eigenvalue weighted by molar-refractivity contribution is -0.0738. The molecule has 3 aromatic heterocycles. The molecule has 0 atom stereocenters. The van der Waals surface area contributed by atoms with E-state index >= 15 is 0 Å². The highest BCUT2D eigenvalue weighted by atomic mass is 16.3. The number of benzene rings is 2. The fourth-order valence-corrected chi connectivity index (χ4v) is 5.68. The summed E-state index contributed by atoms with van der Waals surface area (Å²) in [5, 5.41) is 16.0. The quantitative estimate of drug-likeness (QED) is 0.380. The van der Waals surface area contributed by atoms with E-state index in [-0.39, 0.29) is 0 Å². The molecule has 0 aliphatic heterocycles. The van der Waals surface area contributed by atoms with Crippen molar-refractivity contribution in [1.82, 2.24) is 14.6 Å². The van der Waals surface area contributed by atoms with Crippen LogP contribution >= 0.6 is 0 Å². The lowest BCUT2D eigenvalue weighted by atomic mass is 9.63. The van der Waals surface area contributed by atoms with E-state index in [9.17, 15) is 5.11 Å². The fourth-order valence-electron chi connectivity index (χ4n) is 5.68. The number of fused-ring (bicyclic) bond motifs is 3. The van der Waals surface area contributed by atoms with Gasteiger partial charge in [0, 0.05) is 22.1 Å². The molecular weight excluding hydrogens is 420 g/mol. The molecule has 1 saturated carbocycles. The van der Waals surface area contributed by atoms with Crippen molar-refractivity contribution in [1.29, 1.82) is 0 Å². The predicted molar refractivity (Wildman–Crippen MR) is 137 cm³/mol. The van der Waals surface area contributed by atoms with Gasteiger partial charge in [-0.15, -0.1) is 0 Å². The largest absolute Gasteiger partial charge is 0.390 e. The summed E-state index contributed by atoms with van der Waals surface area (Å²) in [4.78, 5) is 5.20. The van der Waals surface area contributed by atoms with Crippen LogP contribution in [-0.4, -0.2) is 25.3 Å². The predicted octanol–water partition coefficient (Wildman–Crippen LogP) is 5.53. The van der Waals surface area contributed by atoms with Crippen LogP contribution in [0, 0.1) is 13.8 Å². The van der Waals surface area contributed by atoms with E-state index in [0.717, 1.165) is 50.2 Å². The first kappa shape index (κ1) is 21.0. The Balaban J connectivity index is 1.57. The third-order valence-electron chi connectivity index (χ3n) is 7.14. The Morgan fingerprint density at radius 2 is 1.62 bits per heavy atom. The Morgan fingerprint density at radius 1 is 0.912 bits per heavy atom. The van der Waals surface area contributed by atoms with E-state index in [1.54, 1.807) is 0 Å². The molecule has 0 amide bonds. The summed E-state index contributed by atoms with van der Waals surface area (Å²) in [6, 6.07) is 25.1. The van der Waals surface area contributed by atoms with Crippen LogP contribution in [0.25, 0.3) is 38.9 Å². The number of aromatic nitrogens is 3. The van der Waals surface area contributed by atoms with Crippen LogP contribution in [0.1, 0.15) is 36.6 Å². The summed E-state index contributed by atoms with van der Waals surface area (Å²) in [7, 11) is 0. The second-order valence-electron chi connectivity index (χ2n) is 10.1. The molecule has 34 heavy (non-hydrogen) atoms. The van der Waals surface area contributed by atoms with Crippen molar-refractivity contribution in [2.24, 2.45) is 5.73 Å². The standard InChI is InChI=1S/C29H28N4O/c1-18-15-23-13-14-24-19(2)25(20-7-5-4-6-8-20)26(31-27(24)33(23)32-18)21-9-11-22(12-10-21)29(30)16-28(3,34)17-29/h4-15,34H,16-17,30H2,1-3H3/t28-,29+. The van der Waals surface area contributed by atoms with Crippen molar-refractivity contribution < 1.29 is 5.11 Å². The summed E-state index contributed by atoms with van der Waals surface area (Å²) in [5.41, 5.74) is 14.7. The van der Waals surface area contributed by atoms with Crippen LogP contribution in [0.3, 0.4) is 0 Å². The highest BCUT2D eigenvalue weighted by Crippen LogP contribution is 2.46. The lowest BCUT2D eigenvalue weighted by Gasteiger charge is -2.49. The molecule has 6 rings (SSSR count). The molecule has 170 valence electrons. The molecule has 0 unspecified atom stereocenters. The van der Waals surface area contributed by atoms with Gasteiger partial charge < -0.3 is 10.8 Å². The molecule has 3 heterocycles. The zero-order chi connectivity index (χ0) is 23.7. The van der Waals surface area contributed by atoms with Gasteiger partial charge in [-0.3, -0.25) is 0 Å². The average Bonchev–Trinajstić information content (AvgIpc) is 3.19. The normalized spacial score (nSPS) is 22.3. The van der Waals surface area contributed by atoms with Crippen molar-refractivity contribution in [3.8, 4) is 22.4 Å². The third kappa shape index (κ3) is 3.23. The Labute approximate surface area is 198 Å². The second-order valence-corrected chi connectivity index (χ2v) is 10.1. The van der Waals surface area contributed by atoms with Gasteiger partial charge in [0.2, 0.25) is 0 Å². The summed E-state index contributed by atoms with van der Waals surface area (Å²) < 4.78 is 1.94. The number of nitrogens with zero attached hydrogens (tertiary/aromatic N) is 3. The zero-order valence-electron chi connectivity index (χ0n) is 19.7. The van der Waals surface area contributed by atoms with E-state index in [4.69, 9.17) is 15.8 Å². The highest BCUT2D eigenvalue weighted by molar-refractivity contribution is 5.95. The highest BCUT2D eigenvalue weighted by Gasteiger charge is 2.49. The molecule has 1 fully saturated rings. The number of rotatable bonds is 3. The Kier molecular flexibility index (Phi) is 4.47. The fraction of sp³-hybridized carbons (Fsp3) is 0.241. The topological polar surface area (TPSA) is 76.4 Å².